The first-order chi connectivity index (χ1) is 11.8. The number of guanidine groups is 1. The normalized spacial score (nSPS) is 15.6. The van der Waals surface area contributed by atoms with Crippen LogP contribution in [-0.4, -0.2) is 56.9 Å². The molecule has 2 rings (SSSR count). The summed E-state index contributed by atoms with van der Waals surface area (Å²) in [6, 6.07) is 8.30. The van der Waals surface area contributed by atoms with Gasteiger partial charge < -0.3 is 20.5 Å². The standard InChI is InChI=1S/C18H30N4O2.HI/c1-2-23-15-17-6-4-16(5-7-17)14-21-18(19)20-8-3-9-22-10-12-24-13-11-22;/h4-7H,2-3,8-15H2,1H3,(H3,19,20,21);1H. The molecule has 0 amide bonds. The molecule has 6 nitrogen and oxygen atoms in total. The molecule has 7 heteroatoms. The first-order valence-corrected chi connectivity index (χ1v) is 8.77. The van der Waals surface area contributed by atoms with Crippen LogP contribution in [0.2, 0.25) is 0 Å². The molecule has 0 aliphatic carbocycles. The zero-order valence-electron chi connectivity index (χ0n) is 15.1. The number of nitrogens with zero attached hydrogens (tertiary/aromatic N) is 2. The van der Waals surface area contributed by atoms with Crippen molar-refractivity contribution in [1.82, 2.24) is 10.2 Å². The van der Waals surface area contributed by atoms with E-state index in [2.05, 4.69) is 39.5 Å². The second-order valence-electron chi connectivity index (χ2n) is 5.89. The Morgan fingerprint density at radius 3 is 2.60 bits per heavy atom. The van der Waals surface area contributed by atoms with Gasteiger partial charge in [-0.05, 0) is 31.0 Å². The zero-order valence-corrected chi connectivity index (χ0v) is 17.4. The molecule has 1 heterocycles. The molecule has 142 valence electrons. The van der Waals surface area contributed by atoms with Gasteiger partial charge in [0, 0.05) is 26.2 Å². The third kappa shape index (κ3) is 9.39. The third-order valence-corrected chi connectivity index (χ3v) is 3.99. The number of halogens is 1. The van der Waals surface area contributed by atoms with Crippen LogP contribution in [0.4, 0.5) is 0 Å². The van der Waals surface area contributed by atoms with E-state index < -0.39 is 0 Å². The molecule has 0 saturated carbocycles. The highest BCUT2D eigenvalue weighted by atomic mass is 127. The molecule has 3 N–H and O–H groups in total. The SMILES string of the molecule is CCOCc1ccc(CN=C(N)NCCCN2CCOCC2)cc1.I. The van der Waals surface area contributed by atoms with Gasteiger partial charge in [-0.1, -0.05) is 24.3 Å². The van der Waals surface area contributed by atoms with Crippen LogP contribution in [-0.2, 0) is 22.6 Å². The maximum atomic E-state index is 5.92. The van der Waals surface area contributed by atoms with Gasteiger partial charge in [0.1, 0.15) is 0 Å². The van der Waals surface area contributed by atoms with Gasteiger partial charge in [0.15, 0.2) is 5.96 Å². The van der Waals surface area contributed by atoms with Crippen LogP contribution in [0, 0.1) is 0 Å². The minimum absolute atomic E-state index is 0. The Morgan fingerprint density at radius 2 is 1.92 bits per heavy atom. The van der Waals surface area contributed by atoms with Crippen LogP contribution < -0.4 is 11.1 Å². The summed E-state index contributed by atoms with van der Waals surface area (Å²) in [6.45, 7) is 9.67. The summed E-state index contributed by atoms with van der Waals surface area (Å²) in [5.74, 6) is 0.510. The summed E-state index contributed by atoms with van der Waals surface area (Å²) in [5.41, 5.74) is 8.25. The number of hydrogen-bond donors (Lipinski definition) is 2. The van der Waals surface area contributed by atoms with Crippen molar-refractivity contribution < 1.29 is 9.47 Å². The number of nitrogens with two attached hydrogens (primary N) is 1. The highest BCUT2D eigenvalue weighted by molar-refractivity contribution is 14.0. The average molecular weight is 462 g/mol. The molecule has 25 heavy (non-hydrogen) atoms. The number of benzene rings is 1. The second kappa shape index (κ2) is 13.3. The Kier molecular flexibility index (Phi) is 11.8. The van der Waals surface area contributed by atoms with E-state index in [1.165, 1.54) is 5.56 Å². The number of aliphatic imine (C=N–C) groups is 1. The van der Waals surface area contributed by atoms with Crippen molar-refractivity contribution in [3.05, 3.63) is 35.4 Å². The quantitative estimate of drug-likeness (QED) is 0.254. The Balaban J connectivity index is 0.00000312. The van der Waals surface area contributed by atoms with E-state index in [-0.39, 0.29) is 24.0 Å². The van der Waals surface area contributed by atoms with E-state index in [1.54, 1.807) is 0 Å². The van der Waals surface area contributed by atoms with Gasteiger partial charge in [0.05, 0.1) is 26.4 Å². The molecule has 1 saturated heterocycles. The average Bonchev–Trinajstić information content (AvgIpc) is 2.63. The van der Waals surface area contributed by atoms with Crippen LogP contribution in [0.5, 0.6) is 0 Å². The Bertz CT molecular complexity index is 490. The van der Waals surface area contributed by atoms with Crippen molar-refractivity contribution in [2.75, 3.05) is 46.0 Å². The number of hydrogen-bond acceptors (Lipinski definition) is 4. The predicted octanol–water partition coefficient (Wildman–Crippen LogP) is 1.97. The summed E-state index contributed by atoms with van der Waals surface area (Å²) >= 11 is 0. The fourth-order valence-corrected chi connectivity index (χ4v) is 2.54. The molecule has 0 aromatic heterocycles. The molecule has 0 spiro atoms. The van der Waals surface area contributed by atoms with Crippen molar-refractivity contribution in [3.8, 4) is 0 Å². The van der Waals surface area contributed by atoms with Crippen LogP contribution in [0.25, 0.3) is 0 Å². The minimum Gasteiger partial charge on any atom is -0.379 e. The van der Waals surface area contributed by atoms with Gasteiger partial charge in [-0.15, -0.1) is 24.0 Å². The lowest BCUT2D eigenvalue weighted by Crippen LogP contribution is -2.39. The van der Waals surface area contributed by atoms with E-state index in [4.69, 9.17) is 15.2 Å². The van der Waals surface area contributed by atoms with Gasteiger partial charge >= 0.3 is 0 Å². The lowest BCUT2D eigenvalue weighted by atomic mass is 10.1. The topological polar surface area (TPSA) is 72.1 Å². The van der Waals surface area contributed by atoms with Crippen molar-refractivity contribution in [2.24, 2.45) is 10.7 Å². The van der Waals surface area contributed by atoms with Crippen LogP contribution in [0.15, 0.2) is 29.3 Å². The van der Waals surface area contributed by atoms with Crippen LogP contribution >= 0.6 is 24.0 Å². The second-order valence-corrected chi connectivity index (χ2v) is 5.89. The van der Waals surface area contributed by atoms with Gasteiger partial charge in [0.2, 0.25) is 0 Å². The fraction of sp³-hybridized carbons (Fsp3) is 0.611. The van der Waals surface area contributed by atoms with E-state index in [0.29, 0.717) is 19.1 Å². The van der Waals surface area contributed by atoms with Gasteiger partial charge in [-0.25, -0.2) is 4.99 Å². The highest BCUT2D eigenvalue weighted by Crippen LogP contribution is 2.07. The molecule has 1 aliphatic heterocycles. The molecule has 1 aromatic rings. The van der Waals surface area contributed by atoms with Gasteiger partial charge in [-0.3, -0.25) is 4.90 Å². The third-order valence-electron chi connectivity index (χ3n) is 3.99. The van der Waals surface area contributed by atoms with E-state index in [1.807, 2.05) is 6.92 Å². The van der Waals surface area contributed by atoms with E-state index in [0.717, 1.165) is 58.0 Å². The lowest BCUT2D eigenvalue weighted by molar-refractivity contribution is 0.0376. The van der Waals surface area contributed by atoms with E-state index >= 15 is 0 Å². The van der Waals surface area contributed by atoms with Crippen molar-refractivity contribution in [3.63, 3.8) is 0 Å². The van der Waals surface area contributed by atoms with Gasteiger partial charge in [0.25, 0.3) is 0 Å². The lowest BCUT2D eigenvalue weighted by Gasteiger charge is -2.26. The van der Waals surface area contributed by atoms with E-state index in [9.17, 15) is 0 Å². The molecule has 1 fully saturated rings. The Labute approximate surface area is 168 Å². The molecule has 0 unspecified atom stereocenters. The predicted molar refractivity (Wildman–Crippen MR) is 112 cm³/mol. The summed E-state index contributed by atoms with van der Waals surface area (Å²) in [6.07, 6.45) is 1.06. The minimum atomic E-state index is 0. The smallest absolute Gasteiger partial charge is 0.188 e. The summed E-state index contributed by atoms with van der Waals surface area (Å²) in [5, 5.41) is 3.18. The summed E-state index contributed by atoms with van der Waals surface area (Å²) < 4.78 is 10.7. The van der Waals surface area contributed by atoms with Gasteiger partial charge in [-0.2, -0.15) is 0 Å². The van der Waals surface area contributed by atoms with Crippen LogP contribution in [0.3, 0.4) is 0 Å². The summed E-state index contributed by atoms with van der Waals surface area (Å²) in [4.78, 5) is 6.81. The molecule has 0 atom stereocenters. The fourth-order valence-electron chi connectivity index (χ4n) is 2.54. The Hall–Kier alpha value is -0.900. The Morgan fingerprint density at radius 1 is 1.24 bits per heavy atom. The first kappa shape index (κ1) is 22.1. The number of morpholine rings is 1. The first-order valence-electron chi connectivity index (χ1n) is 8.77. The highest BCUT2D eigenvalue weighted by Gasteiger charge is 2.08. The molecule has 0 radical (unpaired) electrons. The zero-order chi connectivity index (χ0) is 17.0. The monoisotopic (exact) mass is 462 g/mol. The maximum Gasteiger partial charge on any atom is 0.188 e. The van der Waals surface area contributed by atoms with Crippen LogP contribution in [0.1, 0.15) is 24.5 Å². The number of ether oxygens (including phenoxy) is 2. The molecule has 1 aromatic carbocycles. The summed E-state index contributed by atoms with van der Waals surface area (Å²) in [7, 11) is 0. The maximum absolute atomic E-state index is 5.92. The molecular formula is C18H31IN4O2. The molecule has 0 bridgehead atoms. The number of nitrogens with one attached hydrogen (secondary N) is 1. The number of rotatable bonds is 9. The van der Waals surface area contributed by atoms with Crippen molar-refractivity contribution in [2.45, 2.75) is 26.5 Å². The molecule has 1 aliphatic rings. The van der Waals surface area contributed by atoms with Crippen molar-refractivity contribution in [1.29, 1.82) is 0 Å². The largest absolute Gasteiger partial charge is 0.379 e. The molecular weight excluding hydrogens is 431 g/mol. The van der Waals surface area contributed by atoms with Crippen molar-refractivity contribution >= 4 is 29.9 Å².